The van der Waals surface area contributed by atoms with E-state index in [-0.39, 0.29) is 23.5 Å². The molecule has 2 atom stereocenters. The second-order valence-electron chi connectivity index (χ2n) is 5.71. The number of sulfone groups is 1. The van der Waals surface area contributed by atoms with E-state index in [4.69, 9.17) is 4.42 Å². The summed E-state index contributed by atoms with van der Waals surface area (Å²) in [5, 5.41) is 0.0517. The number of fused-ring (bicyclic) bond motifs is 1. The minimum Gasteiger partial charge on any atom is -0.431 e. The summed E-state index contributed by atoms with van der Waals surface area (Å²) in [6.07, 6.45) is 0.505. The van der Waals surface area contributed by atoms with Crippen LogP contribution in [0.4, 0.5) is 0 Å². The lowest BCUT2D eigenvalue weighted by Gasteiger charge is -2.25. The van der Waals surface area contributed by atoms with Crippen molar-refractivity contribution in [3.8, 4) is 0 Å². The lowest BCUT2D eigenvalue weighted by molar-refractivity contribution is -0.130. The first-order valence-electron chi connectivity index (χ1n) is 7.35. The van der Waals surface area contributed by atoms with Gasteiger partial charge in [0.05, 0.1) is 16.8 Å². The van der Waals surface area contributed by atoms with Gasteiger partial charge in [0.25, 0.3) is 5.22 Å². The summed E-state index contributed by atoms with van der Waals surface area (Å²) in [6.45, 7) is 1.78. The number of amides is 1. The number of hydrogen-bond donors (Lipinski definition) is 0. The molecule has 2 aromatic rings. The number of para-hydroxylation sites is 2. The maximum atomic E-state index is 12.5. The predicted octanol–water partition coefficient (Wildman–Crippen LogP) is 1.95. The van der Waals surface area contributed by atoms with Crippen molar-refractivity contribution in [2.45, 2.75) is 29.9 Å². The van der Waals surface area contributed by atoms with Crippen molar-refractivity contribution < 1.29 is 17.6 Å². The van der Waals surface area contributed by atoms with Crippen molar-refractivity contribution in [2.75, 3.05) is 18.6 Å². The summed E-state index contributed by atoms with van der Waals surface area (Å²) < 4.78 is 28.7. The molecular weight excluding hydrogens is 336 g/mol. The summed E-state index contributed by atoms with van der Waals surface area (Å²) >= 11 is 1.25. The minimum atomic E-state index is -3.01. The molecule has 1 saturated heterocycles. The largest absolute Gasteiger partial charge is 0.431 e. The van der Waals surface area contributed by atoms with Crippen LogP contribution >= 0.6 is 11.8 Å². The fourth-order valence-corrected chi connectivity index (χ4v) is 5.28. The van der Waals surface area contributed by atoms with Crippen LogP contribution in [0.15, 0.2) is 33.9 Å². The molecule has 8 heteroatoms. The number of carbonyl (C=O) groups excluding carboxylic acids is 1. The highest BCUT2D eigenvalue weighted by atomic mass is 32.2. The second-order valence-corrected chi connectivity index (χ2v) is 9.23. The molecule has 1 amide bonds. The lowest BCUT2D eigenvalue weighted by atomic mass is 10.2. The Labute approximate surface area is 139 Å². The average Bonchev–Trinajstić information content (AvgIpc) is 3.07. The van der Waals surface area contributed by atoms with Crippen molar-refractivity contribution >= 4 is 38.6 Å². The van der Waals surface area contributed by atoms with Crippen molar-refractivity contribution in [1.29, 1.82) is 0 Å². The first kappa shape index (κ1) is 16.3. The minimum absolute atomic E-state index is 0.0511. The van der Waals surface area contributed by atoms with Crippen LogP contribution in [0.25, 0.3) is 11.1 Å². The van der Waals surface area contributed by atoms with Crippen LogP contribution in [0, 0.1) is 0 Å². The third kappa shape index (κ3) is 3.53. The highest BCUT2D eigenvalue weighted by Crippen LogP contribution is 2.28. The highest BCUT2D eigenvalue weighted by Gasteiger charge is 2.34. The van der Waals surface area contributed by atoms with E-state index in [0.717, 1.165) is 5.52 Å². The van der Waals surface area contributed by atoms with Gasteiger partial charge in [-0.3, -0.25) is 4.79 Å². The third-order valence-electron chi connectivity index (χ3n) is 4.00. The van der Waals surface area contributed by atoms with Crippen molar-refractivity contribution in [3.63, 3.8) is 0 Å². The maximum absolute atomic E-state index is 12.5. The Morgan fingerprint density at radius 3 is 2.83 bits per heavy atom. The lowest BCUT2D eigenvalue weighted by Crippen LogP contribution is -2.41. The number of hydrogen-bond acceptors (Lipinski definition) is 6. The Balaban J connectivity index is 1.67. The van der Waals surface area contributed by atoms with E-state index < -0.39 is 15.1 Å². The number of thioether (sulfide) groups is 1. The molecule has 1 aliphatic rings. The monoisotopic (exact) mass is 354 g/mol. The molecule has 1 aromatic heterocycles. The van der Waals surface area contributed by atoms with E-state index in [9.17, 15) is 13.2 Å². The molecule has 23 heavy (non-hydrogen) atoms. The summed E-state index contributed by atoms with van der Waals surface area (Å²) in [5.41, 5.74) is 1.44. The molecule has 0 aliphatic carbocycles. The van der Waals surface area contributed by atoms with Crippen LogP contribution < -0.4 is 0 Å². The van der Waals surface area contributed by atoms with Gasteiger partial charge in [-0.05, 0) is 25.5 Å². The zero-order chi connectivity index (χ0) is 16.6. The van der Waals surface area contributed by atoms with Crippen LogP contribution in [-0.2, 0) is 14.6 Å². The summed E-state index contributed by atoms with van der Waals surface area (Å²) in [5.74, 6) is 0.0941. The van der Waals surface area contributed by atoms with Gasteiger partial charge in [0.15, 0.2) is 15.4 Å². The van der Waals surface area contributed by atoms with Crippen LogP contribution in [0.1, 0.15) is 13.3 Å². The number of aromatic nitrogens is 1. The highest BCUT2D eigenvalue weighted by molar-refractivity contribution is 8.00. The summed E-state index contributed by atoms with van der Waals surface area (Å²) in [7, 11) is -1.34. The van der Waals surface area contributed by atoms with E-state index in [1.807, 2.05) is 24.3 Å². The molecule has 0 bridgehead atoms. The number of rotatable bonds is 4. The fourth-order valence-electron chi connectivity index (χ4n) is 2.65. The Bertz CT molecular complexity index is 798. The molecule has 0 spiro atoms. The maximum Gasteiger partial charge on any atom is 0.257 e. The zero-order valence-corrected chi connectivity index (χ0v) is 14.6. The van der Waals surface area contributed by atoms with E-state index in [0.29, 0.717) is 17.2 Å². The van der Waals surface area contributed by atoms with E-state index in [1.54, 1.807) is 18.9 Å². The molecule has 124 valence electrons. The van der Waals surface area contributed by atoms with Gasteiger partial charge in [-0.1, -0.05) is 23.9 Å². The van der Waals surface area contributed by atoms with Gasteiger partial charge in [-0.2, -0.15) is 0 Å². The molecule has 1 fully saturated rings. The van der Waals surface area contributed by atoms with Gasteiger partial charge < -0.3 is 9.32 Å². The van der Waals surface area contributed by atoms with E-state index in [1.165, 1.54) is 11.8 Å². The van der Waals surface area contributed by atoms with Crippen LogP contribution in [0.5, 0.6) is 0 Å². The molecule has 6 nitrogen and oxygen atoms in total. The van der Waals surface area contributed by atoms with Gasteiger partial charge in [0.1, 0.15) is 5.52 Å². The Kier molecular flexibility index (Phi) is 4.37. The first-order valence-corrected chi connectivity index (χ1v) is 10.1. The van der Waals surface area contributed by atoms with Gasteiger partial charge in [-0.25, -0.2) is 13.4 Å². The van der Waals surface area contributed by atoms with Crippen molar-refractivity contribution in [3.05, 3.63) is 24.3 Å². The van der Waals surface area contributed by atoms with Gasteiger partial charge in [-0.15, -0.1) is 0 Å². The molecule has 0 radical (unpaired) electrons. The molecule has 2 unspecified atom stereocenters. The number of oxazole rings is 1. The van der Waals surface area contributed by atoms with E-state index >= 15 is 0 Å². The molecule has 3 rings (SSSR count). The molecule has 2 heterocycles. The Morgan fingerprint density at radius 2 is 2.17 bits per heavy atom. The molecule has 1 aliphatic heterocycles. The summed E-state index contributed by atoms with van der Waals surface area (Å²) in [6, 6.07) is 7.19. The van der Waals surface area contributed by atoms with Gasteiger partial charge in [0, 0.05) is 13.1 Å². The van der Waals surface area contributed by atoms with Gasteiger partial charge >= 0.3 is 0 Å². The number of benzene rings is 1. The topological polar surface area (TPSA) is 80.5 Å². The number of nitrogens with zero attached hydrogens (tertiary/aromatic N) is 2. The Hall–Kier alpha value is -1.54. The van der Waals surface area contributed by atoms with E-state index in [2.05, 4.69) is 4.98 Å². The third-order valence-corrected chi connectivity index (χ3v) is 6.69. The first-order chi connectivity index (χ1) is 10.9. The standard InChI is InChI=1S/C15H18N2O4S2/c1-10(14(18)17(2)11-7-8-23(19,20)9-11)22-15-16-12-5-3-4-6-13(12)21-15/h3-6,10-11H,7-9H2,1-2H3. The van der Waals surface area contributed by atoms with Crippen LogP contribution in [-0.4, -0.2) is 54.1 Å². The SMILES string of the molecule is CC(Sc1nc2ccccc2o1)C(=O)N(C)C1CCS(=O)(=O)C1. The summed E-state index contributed by atoms with van der Waals surface area (Å²) in [4.78, 5) is 18.4. The van der Waals surface area contributed by atoms with Gasteiger partial charge in [0.2, 0.25) is 5.91 Å². The smallest absolute Gasteiger partial charge is 0.257 e. The zero-order valence-electron chi connectivity index (χ0n) is 12.9. The van der Waals surface area contributed by atoms with Crippen molar-refractivity contribution in [1.82, 2.24) is 9.88 Å². The molecule has 0 saturated carbocycles. The predicted molar refractivity (Wildman–Crippen MR) is 89.2 cm³/mol. The molecule has 0 N–H and O–H groups in total. The van der Waals surface area contributed by atoms with Crippen LogP contribution in [0.2, 0.25) is 0 Å². The Morgan fingerprint density at radius 1 is 1.43 bits per heavy atom. The number of carbonyl (C=O) groups is 1. The fraction of sp³-hybridized carbons (Fsp3) is 0.467. The molecule has 1 aromatic carbocycles. The quantitative estimate of drug-likeness (QED) is 0.781. The van der Waals surface area contributed by atoms with Crippen molar-refractivity contribution in [2.24, 2.45) is 0 Å². The normalized spacial score (nSPS) is 21.4. The second kappa shape index (κ2) is 6.16. The van der Waals surface area contributed by atoms with Crippen LogP contribution in [0.3, 0.4) is 0 Å². The molecular formula is C15H18N2O4S2. The average molecular weight is 354 g/mol.